The van der Waals surface area contributed by atoms with Crippen molar-refractivity contribution in [2.75, 3.05) is 6.54 Å². The first-order chi connectivity index (χ1) is 3.98. The lowest BCUT2D eigenvalue weighted by Crippen LogP contribution is -2.42. The Bertz CT molecular complexity index is 78.8. The van der Waals surface area contributed by atoms with Crippen LogP contribution in [0.1, 0.15) is 13.8 Å². The second-order valence-electron chi connectivity index (χ2n) is 2.53. The minimum absolute atomic E-state index is 0.0243. The largest absolute Gasteiger partial charge is 0.389 e. The van der Waals surface area contributed by atoms with E-state index in [0.717, 1.165) is 0 Å². The summed E-state index contributed by atoms with van der Waals surface area (Å²) in [5.74, 6) is 0. The zero-order valence-electron chi connectivity index (χ0n) is 5.63. The number of hydroxylamine groups is 1. The first-order valence-electron chi connectivity index (χ1n) is 2.76. The van der Waals surface area contributed by atoms with Crippen LogP contribution in [0.2, 0.25) is 0 Å². The third kappa shape index (κ3) is 3.42. The van der Waals surface area contributed by atoms with Gasteiger partial charge in [-0.15, -0.1) is 0 Å². The van der Waals surface area contributed by atoms with E-state index in [2.05, 4.69) is 0 Å². The van der Waals surface area contributed by atoms with Crippen molar-refractivity contribution in [2.45, 2.75) is 25.6 Å². The fraction of sp³-hybridized carbons (Fsp3) is 1.00. The molecule has 0 radical (unpaired) electrons. The molecule has 0 aromatic carbocycles. The predicted octanol–water partition coefficient (Wildman–Crippen LogP) is -0.903. The molecule has 0 bridgehead atoms. The van der Waals surface area contributed by atoms with Crippen LogP contribution in [0.5, 0.6) is 0 Å². The molecule has 0 saturated carbocycles. The molecule has 1 atom stereocenters. The molecule has 4 N–H and O–H groups in total. The Hall–Kier alpha value is -0.160. The molecule has 0 saturated heterocycles. The highest BCUT2D eigenvalue weighted by Gasteiger charge is 2.23. The van der Waals surface area contributed by atoms with Crippen LogP contribution in [0, 0.1) is 0 Å². The summed E-state index contributed by atoms with van der Waals surface area (Å²) >= 11 is 0. The summed E-state index contributed by atoms with van der Waals surface area (Å²) in [6, 6.07) is 0. The van der Waals surface area contributed by atoms with Gasteiger partial charge in [0.25, 0.3) is 0 Å². The van der Waals surface area contributed by atoms with Crippen LogP contribution in [0.15, 0.2) is 0 Å². The highest BCUT2D eigenvalue weighted by molar-refractivity contribution is 4.76. The first kappa shape index (κ1) is 8.84. The molecular weight excluding hydrogens is 122 g/mol. The van der Waals surface area contributed by atoms with Crippen molar-refractivity contribution in [3.63, 3.8) is 0 Å². The number of hydrogen-bond acceptors (Lipinski definition) is 4. The van der Waals surface area contributed by atoms with Gasteiger partial charge < -0.3 is 15.4 Å². The fourth-order valence-corrected chi connectivity index (χ4v) is 0.336. The van der Waals surface area contributed by atoms with Gasteiger partial charge in [0.05, 0.1) is 11.7 Å². The summed E-state index contributed by atoms with van der Waals surface area (Å²) in [5, 5.41) is 26.0. The zero-order chi connectivity index (χ0) is 7.49. The molecule has 56 valence electrons. The number of aliphatic hydroxyl groups is 2. The summed E-state index contributed by atoms with van der Waals surface area (Å²) in [5.41, 5.74) is 0.607. The Morgan fingerprint density at radius 3 is 2.11 bits per heavy atom. The minimum atomic E-state index is -1.16. The van der Waals surface area contributed by atoms with E-state index in [9.17, 15) is 0 Å². The highest BCUT2D eigenvalue weighted by Crippen LogP contribution is 2.05. The molecular formula is C5H13NO3. The van der Waals surface area contributed by atoms with Gasteiger partial charge in [-0.25, -0.2) is 5.48 Å². The Kier molecular flexibility index (Phi) is 3.07. The third-order valence-electron chi connectivity index (χ3n) is 1.10. The molecule has 0 aromatic rings. The van der Waals surface area contributed by atoms with E-state index in [-0.39, 0.29) is 6.54 Å². The summed E-state index contributed by atoms with van der Waals surface area (Å²) in [6.45, 7) is 2.91. The summed E-state index contributed by atoms with van der Waals surface area (Å²) in [6.07, 6.45) is -0.942. The van der Waals surface area contributed by atoms with E-state index < -0.39 is 11.7 Å². The van der Waals surface area contributed by atoms with Crippen LogP contribution in [-0.4, -0.2) is 33.7 Å². The Morgan fingerprint density at radius 2 is 2.00 bits per heavy atom. The number of nitrogens with one attached hydrogen (secondary N) is 1. The summed E-state index contributed by atoms with van der Waals surface area (Å²) < 4.78 is 0. The van der Waals surface area contributed by atoms with Gasteiger partial charge in [-0.3, -0.25) is 0 Å². The molecule has 0 rings (SSSR count). The molecule has 0 amide bonds. The average molecular weight is 135 g/mol. The van der Waals surface area contributed by atoms with Gasteiger partial charge in [0, 0.05) is 6.54 Å². The Labute approximate surface area is 54.1 Å². The van der Waals surface area contributed by atoms with Crippen LogP contribution in [0.25, 0.3) is 0 Å². The van der Waals surface area contributed by atoms with Gasteiger partial charge in [0.2, 0.25) is 0 Å². The maximum absolute atomic E-state index is 9.02. The van der Waals surface area contributed by atoms with Crippen LogP contribution in [0.4, 0.5) is 0 Å². The van der Waals surface area contributed by atoms with Crippen molar-refractivity contribution >= 4 is 0 Å². The quantitative estimate of drug-likeness (QED) is 0.378. The standard InChI is InChI=1S/C5H13NO3/c1-5(2,8)4(7)3-6-9/h4,6-9H,3H2,1-2H3. The maximum Gasteiger partial charge on any atom is 0.0968 e. The SMILES string of the molecule is CC(C)(O)C(O)CNO. The van der Waals surface area contributed by atoms with Crippen LogP contribution in [-0.2, 0) is 0 Å². The van der Waals surface area contributed by atoms with Crippen molar-refractivity contribution in [1.29, 1.82) is 0 Å². The van der Waals surface area contributed by atoms with Gasteiger partial charge >= 0.3 is 0 Å². The molecule has 0 aromatic heterocycles. The van der Waals surface area contributed by atoms with E-state index in [1.165, 1.54) is 13.8 Å². The smallest absolute Gasteiger partial charge is 0.0968 e. The highest BCUT2D eigenvalue weighted by atomic mass is 16.5. The lowest BCUT2D eigenvalue weighted by molar-refractivity contribution is -0.0596. The topological polar surface area (TPSA) is 72.7 Å². The molecule has 9 heavy (non-hydrogen) atoms. The summed E-state index contributed by atoms with van der Waals surface area (Å²) in [7, 11) is 0. The van der Waals surface area contributed by atoms with E-state index in [4.69, 9.17) is 15.4 Å². The molecule has 0 aliphatic rings. The van der Waals surface area contributed by atoms with Crippen molar-refractivity contribution in [3.05, 3.63) is 0 Å². The molecule has 0 aliphatic carbocycles. The fourth-order valence-electron chi connectivity index (χ4n) is 0.336. The second-order valence-corrected chi connectivity index (χ2v) is 2.53. The van der Waals surface area contributed by atoms with Gasteiger partial charge in [-0.2, -0.15) is 0 Å². The van der Waals surface area contributed by atoms with Gasteiger partial charge in [0.1, 0.15) is 0 Å². The zero-order valence-corrected chi connectivity index (χ0v) is 5.63. The van der Waals surface area contributed by atoms with E-state index in [1.807, 2.05) is 0 Å². The Balaban J connectivity index is 3.59. The lowest BCUT2D eigenvalue weighted by Gasteiger charge is -2.23. The third-order valence-corrected chi connectivity index (χ3v) is 1.10. The molecule has 4 nitrogen and oxygen atoms in total. The van der Waals surface area contributed by atoms with Crippen molar-refractivity contribution < 1.29 is 15.4 Å². The number of rotatable bonds is 3. The average Bonchev–Trinajstić information content (AvgIpc) is 1.64. The van der Waals surface area contributed by atoms with Crippen molar-refractivity contribution in [3.8, 4) is 0 Å². The van der Waals surface area contributed by atoms with Gasteiger partial charge in [-0.1, -0.05) is 0 Å². The Morgan fingerprint density at radius 1 is 1.56 bits per heavy atom. The molecule has 0 fully saturated rings. The molecule has 0 heterocycles. The van der Waals surface area contributed by atoms with Crippen molar-refractivity contribution in [1.82, 2.24) is 5.48 Å². The van der Waals surface area contributed by atoms with Crippen LogP contribution >= 0.6 is 0 Å². The molecule has 4 heteroatoms. The normalized spacial score (nSPS) is 15.7. The van der Waals surface area contributed by atoms with Crippen LogP contribution in [0.3, 0.4) is 0 Å². The molecule has 0 aliphatic heterocycles. The molecule has 1 unspecified atom stereocenters. The molecule has 0 spiro atoms. The monoisotopic (exact) mass is 135 g/mol. The van der Waals surface area contributed by atoms with E-state index in [1.54, 1.807) is 5.48 Å². The van der Waals surface area contributed by atoms with Gasteiger partial charge in [-0.05, 0) is 13.8 Å². The first-order valence-corrected chi connectivity index (χ1v) is 2.76. The van der Waals surface area contributed by atoms with Crippen LogP contribution < -0.4 is 5.48 Å². The lowest BCUT2D eigenvalue weighted by atomic mass is 10.0. The number of aliphatic hydroxyl groups excluding tert-OH is 1. The van der Waals surface area contributed by atoms with E-state index in [0.29, 0.717) is 0 Å². The van der Waals surface area contributed by atoms with E-state index >= 15 is 0 Å². The summed E-state index contributed by atoms with van der Waals surface area (Å²) in [4.78, 5) is 0. The maximum atomic E-state index is 9.02. The minimum Gasteiger partial charge on any atom is -0.389 e. The van der Waals surface area contributed by atoms with Crippen molar-refractivity contribution in [2.24, 2.45) is 0 Å². The second kappa shape index (κ2) is 3.12. The van der Waals surface area contributed by atoms with Gasteiger partial charge in [0.15, 0.2) is 0 Å². The predicted molar refractivity (Wildman–Crippen MR) is 32.1 cm³/mol. The number of hydrogen-bond donors (Lipinski definition) is 4.